The molecule has 5 heavy (non-hydrogen) atoms. The minimum Gasteiger partial charge on any atom is -0.473 e. The molecule has 0 bridgehead atoms. The van der Waals surface area contributed by atoms with Gasteiger partial charge in [0.1, 0.15) is 0 Å². The van der Waals surface area contributed by atoms with Crippen molar-refractivity contribution in [2.75, 3.05) is 0 Å². The summed E-state index contributed by atoms with van der Waals surface area (Å²) in [6, 6.07) is 0. The molecule has 0 aliphatic rings. The minimum absolute atomic E-state index is 1.00. The number of ether oxygens (including phenoxy) is 1. The van der Waals surface area contributed by atoms with Gasteiger partial charge in [-0.15, -0.1) is 0 Å². The molecule has 1 heteroatoms. The highest BCUT2D eigenvalue weighted by Gasteiger charge is 1.46. The Morgan fingerprint density at radius 2 is 1.60 bits per heavy atom. The van der Waals surface area contributed by atoms with Crippen molar-refractivity contribution in [1.29, 1.82) is 0 Å². The van der Waals surface area contributed by atoms with Gasteiger partial charge >= 0.3 is 0 Å². The van der Waals surface area contributed by atoms with Crippen LogP contribution in [-0.4, -0.2) is 0 Å². The Labute approximate surface area is 31.6 Å². The maximum absolute atomic E-state index is 4.68. The molecule has 0 spiro atoms. The second-order valence-corrected chi connectivity index (χ2v) is 0.408. The van der Waals surface area contributed by atoms with E-state index in [1.807, 2.05) is 0 Å². The lowest BCUT2D eigenvalue weighted by Crippen LogP contribution is -1.53. The second kappa shape index (κ2) is 3.28. The zero-order valence-electron chi connectivity index (χ0n) is 2.72. The van der Waals surface area contributed by atoms with E-state index in [1.165, 1.54) is 0 Å². The van der Waals surface area contributed by atoms with Crippen LogP contribution in [0.5, 0.6) is 0 Å². The lowest BCUT2D eigenvalue weighted by atomic mass is 11.1. The maximum atomic E-state index is 4.68. The third kappa shape index (κ3) is 3.28. The first-order valence-corrected chi connectivity index (χ1v) is 1.14. The lowest BCUT2D eigenvalue weighted by molar-refractivity contribution is 0.404. The Balaban J connectivity index is 2.65. The largest absolute Gasteiger partial charge is 0.473 e. The van der Waals surface area contributed by atoms with Crippen LogP contribution in [0.25, 0.3) is 0 Å². The van der Waals surface area contributed by atoms with Crippen LogP contribution in [0.1, 0.15) is 0 Å². The zero-order chi connectivity index (χ0) is 4.12. The van der Waals surface area contributed by atoms with E-state index in [0.29, 0.717) is 0 Å². The van der Waals surface area contributed by atoms with E-state index in [4.69, 9.17) is 0 Å². The summed E-state index contributed by atoms with van der Waals surface area (Å²) in [5, 5.41) is 0. The van der Waals surface area contributed by atoms with Crippen molar-refractivity contribution < 1.29 is 4.74 Å². The van der Waals surface area contributed by atoms with Crippen LogP contribution in [0.3, 0.4) is 0 Å². The van der Waals surface area contributed by atoms with E-state index >= 15 is 0 Å². The van der Waals surface area contributed by atoms with Gasteiger partial charge in [-0.05, 0) is 13.2 Å². The van der Waals surface area contributed by atoms with Crippen molar-refractivity contribution in [3.8, 4) is 0 Å². The maximum Gasteiger partial charge on any atom is 0.0902 e. The third-order valence-corrected chi connectivity index (χ3v) is 0.157. The first-order valence-electron chi connectivity index (χ1n) is 1.14. The Morgan fingerprint density at radius 3 is 1.60 bits per heavy atom. The fraction of sp³-hybridized carbons (Fsp3) is 0. The summed E-state index contributed by atoms with van der Waals surface area (Å²) in [5.74, 6) is 0. The van der Waals surface area contributed by atoms with Crippen molar-refractivity contribution >= 4 is 0 Å². The Kier molecular flexibility index (Phi) is 2.81. The molecule has 2 radical (unpaired) electrons. The highest BCUT2D eigenvalue weighted by atomic mass is 16.5. The minimum atomic E-state index is 1.00. The molecule has 0 unspecified atom stereocenters. The first-order chi connectivity index (χ1) is 2.41. The van der Waals surface area contributed by atoms with Gasteiger partial charge in [0.25, 0.3) is 0 Å². The Hall–Kier alpha value is -0.720. The number of rotatable bonds is 2. The molecule has 0 N–H and O–H groups in total. The van der Waals surface area contributed by atoms with Gasteiger partial charge in [-0.1, -0.05) is 0 Å². The van der Waals surface area contributed by atoms with Crippen LogP contribution >= 0.6 is 0 Å². The molecule has 0 saturated carbocycles. The van der Waals surface area contributed by atoms with Crippen LogP contribution in [0.2, 0.25) is 0 Å². The standard InChI is InChI=1S/C4H4O/c1-3-5-4-2/h1-4H. The molecule has 0 saturated heterocycles. The molecule has 0 amide bonds. The van der Waals surface area contributed by atoms with Crippen molar-refractivity contribution in [3.63, 3.8) is 0 Å². The first kappa shape index (κ1) is 4.28. The van der Waals surface area contributed by atoms with Crippen LogP contribution < -0.4 is 0 Å². The predicted molar refractivity (Wildman–Crippen MR) is 18.8 cm³/mol. The molecule has 0 heterocycles. The molecule has 0 aliphatic carbocycles. The summed E-state index contributed by atoms with van der Waals surface area (Å²) in [7, 11) is 0. The van der Waals surface area contributed by atoms with Crippen molar-refractivity contribution in [2.24, 2.45) is 0 Å². The summed E-state index contributed by atoms with van der Waals surface area (Å²) in [5.41, 5.74) is 0. The van der Waals surface area contributed by atoms with Gasteiger partial charge < -0.3 is 4.74 Å². The molecule has 0 atom stereocenters. The quantitative estimate of drug-likeness (QED) is 0.437. The van der Waals surface area contributed by atoms with Crippen molar-refractivity contribution in [1.82, 2.24) is 0 Å². The van der Waals surface area contributed by atoms with Crippen molar-refractivity contribution in [2.45, 2.75) is 0 Å². The second-order valence-electron chi connectivity index (χ2n) is 0.408. The van der Waals surface area contributed by atoms with Gasteiger partial charge in [-0.2, -0.15) is 0 Å². The monoisotopic (exact) mass is 68.0 g/mol. The van der Waals surface area contributed by atoms with E-state index in [-0.39, 0.29) is 0 Å². The summed E-state index contributed by atoms with van der Waals surface area (Å²) in [6.45, 7) is 9.36. The van der Waals surface area contributed by atoms with Crippen LogP contribution in [-0.2, 0) is 4.74 Å². The molecule has 0 aromatic carbocycles. The molecule has 0 aromatic heterocycles. The molecule has 1 nitrogen and oxygen atoms in total. The molecule has 0 aromatic rings. The fourth-order valence-electron chi connectivity index (χ4n) is 0.0454. The summed E-state index contributed by atoms with van der Waals surface area (Å²) < 4.78 is 4.14. The van der Waals surface area contributed by atoms with E-state index < -0.39 is 0 Å². The third-order valence-electron chi connectivity index (χ3n) is 0.157. The van der Waals surface area contributed by atoms with E-state index in [1.54, 1.807) is 0 Å². The van der Waals surface area contributed by atoms with Gasteiger partial charge in [0.2, 0.25) is 0 Å². The van der Waals surface area contributed by atoms with Crippen LogP contribution in [0.4, 0.5) is 0 Å². The molecular weight excluding hydrogens is 64.0 g/mol. The molecular formula is C4H4O. The van der Waals surface area contributed by atoms with Gasteiger partial charge in [-0.3, -0.25) is 0 Å². The molecule has 26 valence electrons. The highest BCUT2D eigenvalue weighted by molar-refractivity contribution is 4.50. The van der Waals surface area contributed by atoms with Gasteiger partial charge in [-0.25, -0.2) is 0 Å². The number of hydrogen-bond donors (Lipinski definition) is 0. The van der Waals surface area contributed by atoms with Crippen LogP contribution in [0, 0.1) is 13.2 Å². The fourth-order valence-corrected chi connectivity index (χ4v) is 0.0454. The van der Waals surface area contributed by atoms with Crippen LogP contribution in [0.15, 0.2) is 12.5 Å². The van der Waals surface area contributed by atoms with Gasteiger partial charge in [0.05, 0.1) is 12.5 Å². The van der Waals surface area contributed by atoms with E-state index in [2.05, 4.69) is 17.9 Å². The Bertz CT molecular complexity index is 32.9. The SMILES string of the molecule is [CH]=COC=[CH]. The lowest BCUT2D eigenvalue weighted by Gasteiger charge is -1.76. The predicted octanol–water partition coefficient (Wildman–Crippen LogP) is 0.896. The topological polar surface area (TPSA) is 9.23 Å². The number of hydrogen-bond acceptors (Lipinski definition) is 1. The normalized spacial score (nSPS) is 5.60. The molecule has 0 aliphatic heterocycles. The van der Waals surface area contributed by atoms with E-state index in [0.717, 1.165) is 12.5 Å². The smallest absolute Gasteiger partial charge is 0.0902 e. The van der Waals surface area contributed by atoms with Gasteiger partial charge in [0, 0.05) is 0 Å². The van der Waals surface area contributed by atoms with Crippen molar-refractivity contribution in [3.05, 3.63) is 25.7 Å². The average Bonchev–Trinajstić information content (AvgIpc) is 1.41. The molecule has 0 rings (SSSR count). The summed E-state index contributed by atoms with van der Waals surface area (Å²) in [4.78, 5) is 0. The summed E-state index contributed by atoms with van der Waals surface area (Å²) >= 11 is 0. The molecule has 0 fully saturated rings. The highest BCUT2D eigenvalue weighted by Crippen LogP contribution is 1.65. The zero-order valence-corrected chi connectivity index (χ0v) is 2.72. The summed E-state index contributed by atoms with van der Waals surface area (Å²) in [6.07, 6.45) is 2.00. The van der Waals surface area contributed by atoms with E-state index in [9.17, 15) is 0 Å². The van der Waals surface area contributed by atoms with Gasteiger partial charge in [0.15, 0.2) is 0 Å². The Morgan fingerprint density at radius 1 is 1.20 bits per heavy atom. The average molecular weight is 68.1 g/mol.